The summed E-state index contributed by atoms with van der Waals surface area (Å²) in [4.78, 5) is 2.41. The molecule has 3 nitrogen and oxygen atoms in total. The van der Waals surface area contributed by atoms with Crippen molar-refractivity contribution in [1.29, 1.82) is 0 Å². The van der Waals surface area contributed by atoms with E-state index in [4.69, 9.17) is 23.1 Å². The molecule has 1 aromatic carbocycles. The molecule has 0 heterocycles. The van der Waals surface area contributed by atoms with Crippen LogP contribution in [0.15, 0.2) is 22.7 Å². The van der Waals surface area contributed by atoms with Crippen LogP contribution in [0.1, 0.15) is 12.5 Å². The third kappa shape index (κ3) is 3.17. The van der Waals surface area contributed by atoms with Gasteiger partial charge < -0.3 is 15.7 Å². The van der Waals surface area contributed by atoms with Crippen LogP contribution in [0.4, 0.5) is 5.69 Å². The Morgan fingerprint density at radius 3 is 2.75 bits per heavy atom. The zero-order valence-electron chi connectivity index (χ0n) is 9.11. The lowest BCUT2D eigenvalue weighted by atomic mass is 10.1. The Labute approximate surface area is 109 Å². The number of aliphatic hydroxyl groups excluding tert-OH is 1. The van der Waals surface area contributed by atoms with Gasteiger partial charge in [-0.1, -0.05) is 28.1 Å². The minimum Gasteiger partial charge on any atom is -0.395 e. The number of likely N-dealkylation sites (N-methyl/N-ethyl adjacent to an activating group) is 1. The second kappa shape index (κ2) is 6.18. The van der Waals surface area contributed by atoms with Gasteiger partial charge in [-0.05, 0) is 25.1 Å². The van der Waals surface area contributed by atoms with Crippen molar-refractivity contribution in [1.82, 2.24) is 0 Å². The van der Waals surface area contributed by atoms with Crippen LogP contribution in [0.3, 0.4) is 0 Å². The van der Waals surface area contributed by atoms with E-state index in [0.29, 0.717) is 11.5 Å². The second-order valence-corrected chi connectivity index (χ2v) is 4.68. The lowest BCUT2D eigenvalue weighted by molar-refractivity contribution is 0.302. The van der Waals surface area contributed by atoms with Gasteiger partial charge in [0.15, 0.2) is 0 Å². The molecule has 0 aromatic heterocycles. The first-order valence-electron chi connectivity index (χ1n) is 5.05. The van der Waals surface area contributed by atoms with E-state index >= 15 is 0 Å². The molecule has 0 aliphatic carbocycles. The average molecular weight is 303 g/mol. The number of halogens is 1. The summed E-state index contributed by atoms with van der Waals surface area (Å²) in [5, 5.41) is 9.01. The Kier molecular flexibility index (Phi) is 5.18. The van der Waals surface area contributed by atoms with Crippen molar-refractivity contribution in [3.05, 3.63) is 28.2 Å². The molecule has 0 fully saturated rings. The zero-order chi connectivity index (χ0) is 12.1. The maximum absolute atomic E-state index is 9.01. The van der Waals surface area contributed by atoms with Crippen LogP contribution in [0.2, 0.25) is 0 Å². The quantitative estimate of drug-likeness (QED) is 0.816. The van der Waals surface area contributed by atoms with Crippen LogP contribution in [-0.2, 0) is 0 Å². The zero-order valence-corrected chi connectivity index (χ0v) is 11.5. The number of nitrogens with zero attached hydrogens (tertiary/aromatic N) is 1. The molecule has 1 aromatic rings. The highest BCUT2D eigenvalue weighted by Crippen LogP contribution is 2.25. The number of thiocarbonyl (C=S) groups is 1. The fourth-order valence-electron chi connectivity index (χ4n) is 1.54. The second-order valence-electron chi connectivity index (χ2n) is 3.33. The number of hydrogen-bond donors (Lipinski definition) is 2. The molecular formula is C11H15BrN2OS. The summed E-state index contributed by atoms with van der Waals surface area (Å²) in [5.41, 5.74) is 7.48. The van der Waals surface area contributed by atoms with E-state index in [2.05, 4.69) is 15.9 Å². The first-order valence-corrected chi connectivity index (χ1v) is 6.25. The molecule has 0 aliphatic rings. The van der Waals surface area contributed by atoms with Crippen molar-refractivity contribution in [2.24, 2.45) is 5.73 Å². The van der Waals surface area contributed by atoms with Gasteiger partial charge in [0.2, 0.25) is 0 Å². The highest BCUT2D eigenvalue weighted by Gasteiger charge is 2.11. The Morgan fingerprint density at radius 2 is 2.25 bits per heavy atom. The topological polar surface area (TPSA) is 49.5 Å². The predicted molar refractivity (Wildman–Crippen MR) is 75.0 cm³/mol. The SMILES string of the molecule is CCN(CCO)c1cc(Br)ccc1C(N)=S. The van der Waals surface area contributed by atoms with Gasteiger partial charge in [-0.15, -0.1) is 0 Å². The molecule has 0 radical (unpaired) electrons. The summed E-state index contributed by atoms with van der Waals surface area (Å²) in [7, 11) is 0. The van der Waals surface area contributed by atoms with E-state index in [1.165, 1.54) is 0 Å². The van der Waals surface area contributed by atoms with Crippen LogP contribution in [0, 0.1) is 0 Å². The lowest BCUT2D eigenvalue weighted by Crippen LogP contribution is -2.28. The number of benzene rings is 1. The fraction of sp³-hybridized carbons (Fsp3) is 0.364. The normalized spacial score (nSPS) is 10.2. The van der Waals surface area contributed by atoms with E-state index in [9.17, 15) is 0 Å². The minimum atomic E-state index is 0.108. The summed E-state index contributed by atoms with van der Waals surface area (Å²) in [5.74, 6) is 0. The van der Waals surface area contributed by atoms with Crippen LogP contribution in [0.25, 0.3) is 0 Å². The number of aliphatic hydroxyl groups is 1. The molecule has 0 bridgehead atoms. The van der Waals surface area contributed by atoms with E-state index in [1.54, 1.807) is 0 Å². The highest BCUT2D eigenvalue weighted by molar-refractivity contribution is 9.10. The molecule has 88 valence electrons. The van der Waals surface area contributed by atoms with Crippen molar-refractivity contribution in [2.45, 2.75) is 6.92 Å². The lowest BCUT2D eigenvalue weighted by Gasteiger charge is -2.24. The number of hydrogen-bond acceptors (Lipinski definition) is 3. The van der Waals surface area contributed by atoms with Gasteiger partial charge in [0.05, 0.1) is 6.61 Å². The Balaban J connectivity index is 3.16. The minimum absolute atomic E-state index is 0.108. The molecule has 0 unspecified atom stereocenters. The van der Waals surface area contributed by atoms with Crippen molar-refractivity contribution in [2.75, 3.05) is 24.6 Å². The Bertz CT molecular complexity index is 384. The summed E-state index contributed by atoms with van der Waals surface area (Å²) in [6.45, 7) is 3.51. The molecule has 0 spiro atoms. The predicted octanol–water partition coefficient (Wildman–Crippen LogP) is 1.90. The smallest absolute Gasteiger partial charge is 0.106 e. The third-order valence-corrected chi connectivity index (χ3v) is 3.03. The highest BCUT2D eigenvalue weighted by atomic mass is 79.9. The number of nitrogens with two attached hydrogens (primary N) is 1. The fourth-order valence-corrected chi connectivity index (χ4v) is 2.07. The monoisotopic (exact) mass is 302 g/mol. The maximum Gasteiger partial charge on any atom is 0.106 e. The standard InChI is InChI=1S/C11H15BrN2OS/c1-2-14(5-6-15)10-7-8(12)3-4-9(10)11(13)16/h3-4,7,15H,2,5-6H2,1H3,(H2,13,16). The van der Waals surface area contributed by atoms with Gasteiger partial charge in [0.1, 0.15) is 4.99 Å². The van der Waals surface area contributed by atoms with Crippen LogP contribution in [-0.4, -0.2) is 29.8 Å². The molecular weight excluding hydrogens is 288 g/mol. The van der Waals surface area contributed by atoms with Crippen molar-refractivity contribution in [3.63, 3.8) is 0 Å². The molecule has 0 amide bonds. The molecule has 0 saturated carbocycles. The summed E-state index contributed by atoms with van der Waals surface area (Å²) in [6.07, 6.45) is 0. The largest absolute Gasteiger partial charge is 0.395 e. The first-order chi connectivity index (χ1) is 7.60. The van der Waals surface area contributed by atoms with Gasteiger partial charge >= 0.3 is 0 Å². The van der Waals surface area contributed by atoms with Crippen molar-refractivity contribution in [3.8, 4) is 0 Å². The van der Waals surface area contributed by atoms with Crippen LogP contribution in [0.5, 0.6) is 0 Å². The van der Waals surface area contributed by atoms with Gasteiger partial charge in [0, 0.05) is 28.8 Å². The van der Waals surface area contributed by atoms with Crippen molar-refractivity contribution >= 4 is 38.8 Å². The molecule has 5 heteroatoms. The maximum atomic E-state index is 9.01. The summed E-state index contributed by atoms with van der Waals surface area (Å²) >= 11 is 8.44. The summed E-state index contributed by atoms with van der Waals surface area (Å²) in [6, 6.07) is 5.76. The van der Waals surface area contributed by atoms with Gasteiger partial charge in [0.25, 0.3) is 0 Å². The third-order valence-electron chi connectivity index (χ3n) is 2.32. The first kappa shape index (κ1) is 13.4. The van der Waals surface area contributed by atoms with Crippen LogP contribution >= 0.6 is 28.1 Å². The number of anilines is 1. The van der Waals surface area contributed by atoms with E-state index < -0.39 is 0 Å². The van der Waals surface area contributed by atoms with Crippen LogP contribution < -0.4 is 10.6 Å². The molecule has 16 heavy (non-hydrogen) atoms. The van der Waals surface area contributed by atoms with Crippen molar-refractivity contribution < 1.29 is 5.11 Å². The number of rotatable bonds is 5. The van der Waals surface area contributed by atoms with Gasteiger partial charge in [-0.2, -0.15) is 0 Å². The summed E-state index contributed by atoms with van der Waals surface area (Å²) < 4.78 is 0.971. The molecule has 1 rings (SSSR count). The molecule has 0 atom stereocenters. The Hall–Kier alpha value is -0.650. The molecule has 3 N–H and O–H groups in total. The van der Waals surface area contributed by atoms with E-state index in [0.717, 1.165) is 22.3 Å². The Morgan fingerprint density at radius 1 is 1.56 bits per heavy atom. The average Bonchev–Trinajstić information content (AvgIpc) is 2.25. The van der Waals surface area contributed by atoms with E-state index in [1.807, 2.05) is 30.0 Å². The van der Waals surface area contributed by atoms with Gasteiger partial charge in [-0.25, -0.2) is 0 Å². The van der Waals surface area contributed by atoms with E-state index in [-0.39, 0.29) is 6.61 Å². The molecule has 0 aliphatic heterocycles. The molecule has 0 saturated heterocycles. The van der Waals surface area contributed by atoms with Gasteiger partial charge in [-0.3, -0.25) is 0 Å².